The summed E-state index contributed by atoms with van der Waals surface area (Å²) in [4.78, 5) is 16.3. The lowest BCUT2D eigenvalue weighted by Crippen LogP contribution is -2.13. The zero-order valence-electron chi connectivity index (χ0n) is 11.7. The van der Waals surface area contributed by atoms with E-state index in [1.54, 1.807) is 23.1 Å². The third-order valence-electron chi connectivity index (χ3n) is 2.95. The molecule has 0 aliphatic heterocycles. The molecule has 6 nitrogen and oxygen atoms in total. The molecule has 0 aliphatic rings. The highest BCUT2D eigenvalue weighted by molar-refractivity contribution is 9.10. The normalized spacial score (nSPS) is 10.5. The fourth-order valence-electron chi connectivity index (χ4n) is 1.83. The van der Waals surface area contributed by atoms with Crippen LogP contribution in [0.15, 0.2) is 53.3 Å². The average molecular weight is 358 g/mol. The number of hydrogen-bond donors (Lipinski definition) is 1. The molecule has 110 valence electrons. The number of carbonyl (C=O) groups excluding carboxylic acids is 1. The Kier molecular flexibility index (Phi) is 3.97. The van der Waals surface area contributed by atoms with E-state index in [0.29, 0.717) is 5.82 Å². The topological polar surface area (TPSA) is 72.7 Å². The van der Waals surface area contributed by atoms with E-state index < -0.39 is 0 Å². The average Bonchev–Trinajstić information content (AvgIpc) is 3.00. The van der Waals surface area contributed by atoms with E-state index >= 15 is 0 Å². The van der Waals surface area contributed by atoms with Crippen molar-refractivity contribution in [2.24, 2.45) is 0 Å². The Hall–Kier alpha value is -2.54. The lowest BCUT2D eigenvalue weighted by molar-refractivity contribution is 0.102. The predicted molar refractivity (Wildman–Crippen MR) is 86.0 cm³/mol. The van der Waals surface area contributed by atoms with Gasteiger partial charge >= 0.3 is 0 Å². The molecule has 0 atom stereocenters. The number of nitrogens with one attached hydrogen (secondary N) is 1. The predicted octanol–water partition coefficient (Wildman–Crippen LogP) is 2.99. The number of halogens is 1. The SMILES string of the molecule is Cc1ccc(NC(=O)c2cn(-c3cccc(Br)c3)nn2)nc1. The summed E-state index contributed by atoms with van der Waals surface area (Å²) in [5, 5.41) is 10.5. The van der Waals surface area contributed by atoms with Gasteiger partial charge in [0, 0.05) is 10.7 Å². The van der Waals surface area contributed by atoms with E-state index in [1.807, 2.05) is 37.3 Å². The van der Waals surface area contributed by atoms with Gasteiger partial charge in [0.25, 0.3) is 5.91 Å². The Morgan fingerprint density at radius 2 is 2.14 bits per heavy atom. The van der Waals surface area contributed by atoms with Crippen molar-refractivity contribution in [3.05, 3.63) is 64.5 Å². The Balaban J connectivity index is 1.78. The summed E-state index contributed by atoms with van der Waals surface area (Å²) in [7, 11) is 0. The number of pyridine rings is 1. The minimum atomic E-state index is -0.349. The van der Waals surface area contributed by atoms with Crippen molar-refractivity contribution in [1.29, 1.82) is 0 Å². The lowest BCUT2D eigenvalue weighted by atomic mass is 10.3. The van der Waals surface area contributed by atoms with Crippen LogP contribution in [-0.4, -0.2) is 25.9 Å². The van der Waals surface area contributed by atoms with Crippen molar-refractivity contribution in [3.8, 4) is 5.69 Å². The molecule has 0 spiro atoms. The highest BCUT2D eigenvalue weighted by Gasteiger charge is 2.12. The first-order valence-corrected chi connectivity index (χ1v) is 7.33. The van der Waals surface area contributed by atoms with Gasteiger partial charge < -0.3 is 5.32 Å². The summed E-state index contributed by atoms with van der Waals surface area (Å²) in [6.45, 7) is 1.93. The highest BCUT2D eigenvalue weighted by atomic mass is 79.9. The lowest BCUT2D eigenvalue weighted by Gasteiger charge is -2.02. The van der Waals surface area contributed by atoms with Crippen LogP contribution in [0.3, 0.4) is 0 Å². The van der Waals surface area contributed by atoms with Crippen LogP contribution in [0.2, 0.25) is 0 Å². The molecule has 2 heterocycles. The largest absolute Gasteiger partial charge is 0.305 e. The molecule has 0 radical (unpaired) electrons. The molecule has 0 bridgehead atoms. The van der Waals surface area contributed by atoms with Gasteiger partial charge in [0.05, 0.1) is 11.9 Å². The van der Waals surface area contributed by atoms with E-state index in [9.17, 15) is 4.79 Å². The van der Waals surface area contributed by atoms with Gasteiger partial charge in [0.2, 0.25) is 0 Å². The zero-order valence-corrected chi connectivity index (χ0v) is 13.3. The van der Waals surface area contributed by atoms with Crippen molar-refractivity contribution in [3.63, 3.8) is 0 Å². The van der Waals surface area contributed by atoms with E-state index in [0.717, 1.165) is 15.7 Å². The number of aryl methyl sites for hydroxylation is 1. The number of anilines is 1. The third-order valence-corrected chi connectivity index (χ3v) is 3.44. The fourth-order valence-corrected chi connectivity index (χ4v) is 2.22. The van der Waals surface area contributed by atoms with Crippen LogP contribution in [0.1, 0.15) is 16.1 Å². The van der Waals surface area contributed by atoms with Gasteiger partial charge in [-0.25, -0.2) is 9.67 Å². The van der Waals surface area contributed by atoms with Gasteiger partial charge in [0.15, 0.2) is 5.69 Å². The molecule has 3 rings (SSSR count). The van der Waals surface area contributed by atoms with Crippen molar-refractivity contribution in [2.75, 3.05) is 5.32 Å². The second-order valence-corrected chi connectivity index (χ2v) is 5.62. The van der Waals surface area contributed by atoms with Crippen LogP contribution in [0.5, 0.6) is 0 Å². The van der Waals surface area contributed by atoms with Gasteiger partial charge in [-0.05, 0) is 36.8 Å². The number of amides is 1. The minimum Gasteiger partial charge on any atom is -0.305 e. The summed E-state index contributed by atoms with van der Waals surface area (Å²) >= 11 is 3.40. The first-order chi connectivity index (χ1) is 10.6. The molecule has 0 saturated carbocycles. The van der Waals surface area contributed by atoms with E-state index in [4.69, 9.17) is 0 Å². The van der Waals surface area contributed by atoms with Crippen LogP contribution in [0.4, 0.5) is 5.82 Å². The zero-order chi connectivity index (χ0) is 15.5. The van der Waals surface area contributed by atoms with Crippen molar-refractivity contribution >= 4 is 27.7 Å². The second kappa shape index (κ2) is 6.07. The first-order valence-electron chi connectivity index (χ1n) is 6.54. The number of rotatable bonds is 3. The van der Waals surface area contributed by atoms with Gasteiger partial charge in [-0.1, -0.05) is 33.3 Å². The molecule has 0 fully saturated rings. The summed E-state index contributed by atoms with van der Waals surface area (Å²) in [6, 6.07) is 11.2. The van der Waals surface area contributed by atoms with Crippen LogP contribution in [-0.2, 0) is 0 Å². The van der Waals surface area contributed by atoms with Gasteiger partial charge in [-0.15, -0.1) is 5.10 Å². The summed E-state index contributed by atoms with van der Waals surface area (Å²) in [5.41, 5.74) is 2.07. The number of nitrogens with zero attached hydrogens (tertiary/aromatic N) is 4. The van der Waals surface area contributed by atoms with E-state index in [-0.39, 0.29) is 11.6 Å². The second-order valence-electron chi connectivity index (χ2n) is 4.70. The smallest absolute Gasteiger partial charge is 0.279 e. The summed E-state index contributed by atoms with van der Waals surface area (Å²) in [6.07, 6.45) is 3.26. The molecule has 1 aromatic carbocycles. The van der Waals surface area contributed by atoms with Crippen molar-refractivity contribution < 1.29 is 4.79 Å². The van der Waals surface area contributed by atoms with Crippen LogP contribution in [0.25, 0.3) is 5.69 Å². The molecular formula is C15H12BrN5O. The molecule has 1 amide bonds. The monoisotopic (exact) mass is 357 g/mol. The number of carbonyl (C=O) groups is 1. The van der Waals surface area contributed by atoms with Crippen LogP contribution in [0, 0.1) is 6.92 Å². The molecule has 3 aromatic rings. The van der Waals surface area contributed by atoms with Crippen molar-refractivity contribution in [1.82, 2.24) is 20.0 Å². The molecule has 2 aromatic heterocycles. The Bertz CT molecular complexity index is 813. The molecule has 1 N–H and O–H groups in total. The molecular weight excluding hydrogens is 346 g/mol. The first kappa shape index (κ1) is 14.4. The maximum absolute atomic E-state index is 12.1. The molecule has 0 saturated heterocycles. The van der Waals surface area contributed by atoms with Gasteiger partial charge in [-0.2, -0.15) is 0 Å². The molecule has 22 heavy (non-hydrogen) atoms. The third kappa shape index (κ3) is 3.20. The fraction of sp³-hybridized carbons (Fsp3) is 0.0667. The number of hydrogen-bond acceptors (Lipinski definition) is 4. The van der Waals surface area contributed by atoms with Crippen LogP contribution < -0.4 is 5.32 Å². The maximum atomic E-state index is 12.1. The summed E-state index contributed by atoms with van der Waals surface area (Å²) < 4.78 is 2.47. The molecule has 7 heteroatoms. The van der Waals surface area contributed by atoms with E-state index in [2.05, 4.69) is 36.5 Å². The minimum absolute atomic E-state index is 0.224. The quantitative estimate of drug-likeness (QED) is 0.781. The Morgan fingerprint density at radius 1 is 1.27 bits per heavy atom. The van der Waals surface area contributed by atoms with Gasteiger partial charge in [-0.3, -0.25) is 4.79 Å². The maximum Gasteiger partial charge on any atom is 0.279 e. The Labute approximate surface area is 135 Å². The Morgan fingerprint density at radius 3 is 2.86 bits per heavy atom. The van der Waals surface area contributed by atoms with Crippen LogP contribution >= 0.6 is 15.9 Å². The highest BCUT2D eigenvalue weighted by Crippen LogP contribution is 2.15. The number of benzene rings is 1. The van der Waals surface area contributed by atoms with E-state index in [1.165, 1.54) is 0 Å². The molecule has 0 aliphatic carbocycles. The summed E-state index contributed by atoms with van der Waals surface area (Å²) in [5.74, 6) is 0.130. The van der Waals surface area contributed by atoms with Crippen molar-refractivity contribution in [2.45, 2.75) is 6.92 Å². The standard InChI is InChI=1S/C15H12BrN5O/c1-10-5-6-14(17-8-10)18-15(22)13-9-21(20-19-13)12-4-2-3-11(16)7-12/h2-9H,1H3,(H,17,18,22). The number of aromatic nitrogens is 4. The molecule has 0 unspecified atom stereocenters. The van der Waals surface area contributed by atoms with Gasteiger partial charge in [0.1, 0.15) is 5.82 Å².